The summed E-state index contributed by atoms with van der Waals surface area (Å²) in [6.45, 7) is 6.02. The van der Waals surface area contributed by atoms with Gasteiger partial charge >= 0.3 is 5.97 Å². The fourth-order valence-corrected chi connectivity index (χ4v) is 2.80. The number of hydrogen-bond acceptors (Lipinski definition) is 4. The second kappa shape index (κ2) is 8.43. The van der Waals surface area contributed by atoms with Crippen LogP contribution in [0.25, 0.3) is 22.0 Å². The van der Waals surface area contributed by atoms with Crippen molar-refractivity contribution < 1.29 is 19.0 Å². The quantitative estimate of drug-likeness (QED) is 0.671. The van der Waals surface area contributed by atoms with E-state index < -0.39 is 5.97 Å². The first-order valence-electron chi connectivity index (χ1n) is 8.52. The lowest BCUT2D eigenvalue weighted by atomic mass is 10.0. The zero-order valence-corrected chi connectivity index (χ0v) is 16.1. The van der Waals surface area contributed by atoms with Gasteiger partial charge in [-0.25, -0.2) is 4.79 Å². The molecule has 26 heavy (non-hydrogen) atoms. The largest absolute Gasteiger partial charge is 0.493 e. The van der Waals surface area contributed by atoms with Crippen LogP contribution >= 0.6 is 0 Å². The van der Waals surface area contributed by atoms with E-state index >= 15 is 0 Å². The van der Waals surface area contributed by atoms with Gasteiger partial charge in [-0.2, -0.15) is 0 Å². The smallest absolute Gasteiger partial charge is 0.355 e. The number of fused-ring (bicyclic) bond motifs is 1. The molecule has 1 heterocycles. The van der Waals surface area contributed by atoms with Crippen molar-refractivity contribution in [3.8, 4) is 22.6 Å². The van der Waals surface area contributed by atoms with Gasteiger partial charge in [-0.3, -0.25) is 0 Å². The number of carbonyl (C=O) groups excluding carboxylic acids is 1. The molecule has 0 spiro atoms. The van der Waals surface area contributed by atoms with Gasteiger partial charge in [0.1, 0.15) is 5.69 Å². The zero-order valence-electron chi connectivity index (χ0n) is 16.1. The molecule has 1 N–H and O–H groups in total. The van der Waals surface area contributed by atoms with Crippen LogP contribution in [-0.4, -0.2) is 32.3 Å². The molecule has 0 amide bonds. The molecular weight excluding hydrogens is 330 g/mol. The number of aromatic nitrogens is 1. The van der Waals surface area contributed by atoms with Crippen molar-refractivity contribution in [2.45, 2.75) is 20.8 Å². The monoisotopic (exact) mass is 355 g/mol. The predicted octanol–water partition coefficient (Wildman–Crippen LogP) is 4.97. The Morgan fingerprint density at radius 3 is 2.04 bits per heavy atom. The summed E-state index contributed by atoms with van der Waals surface area (Å²) in [4.78, 5) is 15.4. The number of aromatic amines is 1. The van der Waals surface area contributed by atoms with Crippen LogP contribution in [0.5, 0.6) is 11.5 Å². The van der Waals surface area contributed by atoms with Crippen molar-refractivity contribution >= 4 is 16.9 Å². The van der Waals surface area contributed by atoms with Crippen LogP contribution in [0.1, 0.15) is 29.9 Å². The van der Waals surface area contributed by atoms with Gasteiger partial charge in [-0.05, 0) is 18.6 Å². The minimum atomic E-state index is -0.417. The van der Waals surface area contributed by atoms with Crippen LogP contribution in [0, 0.1) is 6.92 Å². The van der Waals surface area contributed by atoms with Crippen LogP contribution < -0.4 is 9.47 Å². The SMILES string of the molecule is CC.COC(=O)c1[nH]c2cc(OC)c(OC)cc2c1-c1ccc(C)cc1. The summed E-state index contributed by atoms with van der Waals surface area (Å²) in [5.74, 6) is 0.784. The summed E-state index contributed by atoms with van der Waals surface area (Å²) in [6.07, 6.45) is 0. The first-order valence-corrected chi connectivity index (χ1v) is 8.52. The number of ether oxygens (including phenoxy) is 3. The summed E-state index contributed by atoms with van der Waals surface area (Å²) in [5.41, 5.74) is 4.06. The van der Waals surface area contributed by atoms with Crippen LogP contribution in [0.4, 0.5) is 0 Å². The molecule has 0 unspecified atom stereocenters. The summed E-state index contributed by atoms with van der Waals surface area (Å²) in [6, 6.07) is 11.7. The molecule has 0 fully saturated rings. The average molecular weight is 355 g/mol. The van der Waals surface area contributed by atoms with E-state index in [0.29, 0.717) is 17.2 Å². The fraction of sp³-hybridized carbons (Fsp3) is 0.286. The molecule has 0 bridgehead atoms. The molecule has 5 nitrogen and oxygen atoms in total. The van der Waals surface area contributed by atoms with Gasteiger partial charge in [0.25, 0.3) is 0 Å². The van der Waals surface area contributed by atoms with Gasteiger partial charge in [0, 0.05) is 17.0 Å². The van der Waals surface area contributed by atoms with Gasteiger partial charge in [-0.15, -0.1) is 0 Å². The Kier molecular flexibility index (Phi) is 6.28. The second-order valence-corrected chi connectivity index (χ2v) is 5.49. The van der Waals surface area contributed by atoms with E-state index in [-0.39, 0.29) is 0 Å². The Hall–Kier alpha value is -2.95. The van der Waals surface area contributed by atoms with E-state index in [4.69, 9.17) is 14.2 Å². The highest BCUT2D eigenvalue weighted by Crippen LogP contribution is 2.39. The second-order valence-electron chi connectivity index (χ2n) is 5.49. The van der Waals surface area contributed by atoms with Crippen LogP contribution in [0.2, 0.25) is 0 Å². The number of esters is 1. The maximum Gasteiger partial charge on any atom is 0.355 e. The summed E-state index contributed by atoms with van der Waals surface area (Å²) in [7, 11) is 4.53. The molecule has 5 heteroatoms. The molecule has 0 saturated heterocycles. The van der Waals surface area contributed by atoms with Crippen molar-refractivity contribution in [1.29, 1.82) is 0 Å². The topological polar surface area (TPSA) is 60.6 Å². The Morgan fingerprint density at radius 2 is 1.50 bits per heavy atom. The molecule has 138 valence electrons. The van der Waals surface area contributed by atoms with Crippen molar-refractivity contribution in [1.82, 2.24) is 4.98 Å². The number of methoxy groups -OCH3 is 3. The van der Waals surface area contributed by atoms with Crippen molar-refractivity contribution in [3.63, 3.8) is 0 Å². The summed E-state index contributed by atoms with van der Waals surface area (Å²) >= 11 is 0. The molecule has 0 saturated carbocycles. The Labute approximate surface area is 153 Å². The van der Waals surface area contributed by atoms with E-state index in [0.717, 1.165) is 27.6 Å². The van der Waals surface area contributed by atoms with Crippen LogP contribution in [-0.2, 0) is 4.74 Å². The average Bonchev–Trinajstić information content (AvgIpc) is 3.06. The van der Waals surface area contributed by atoms with E-state index in [2.05, 4.69) is 4.98 Å². The third-order valence-electron chi connectivity index (χ3n) is 4.03. The number of hydrogen-bond donors (Lipinski definition) is 1. The Morgan fingerprint density at radius 1 is 0.923 bits per heavy atom. The third-order valence-corrected chi connectivity index (χ3v) is 4.03. The zero-order chi connectivity index (χ0) is 19.3. The molecular formula is C21H25NO4. The highest BCUT2D eigenvalue weighted by Gasteiger charge is 2.21. The summed E-state index contributed by atoms with van der Waals surface area (Å²) in [5, 5.41) is 0.872. The van der Waals surface area contributed by atoms with Crippen LogP contribution in [0.15, 0.2) is 36.4 Å². The van der Waals surface area contributed by atoms with Crippen molar-refractivity contribution in [2.75, 3.05) is 21.3 Å². The lowest BCUT2D eigenvalue weighted by Crippen LogP contribution is -2.03. The Balaban J connectivity index is 0.00000117. The highest BCUT2D eigenvalue weighted by atomic mass is 16.5. The number of nitrogens with one attached hydrogen (secondary N) is 1. The van der Waals surface area contributed by atoms with Gasteiger partial charge in [0.2, 0.25) is 0 Å². The maximum atomic E-state index is 12.2. The van der Waals surface area contributed by atoms with Crippen LogP contribution in [0.3, 0.4) is 0 Å². The number of carbonyl (C=O) groups is 1. The van der Waals surface area contributed by atoms with Gasteiger partial charge < -0.3 is 19.2 Å². The molecule has 0 aliphatic rings. The maximum absolute atomic E-state index is 12.2. The first kappa shape index (κ1) is 19.4. The van der Waals surface area contributed by atoms with E-state index in [9.17, 15) is 4.79 Å². The molecule has 3 aromatic rings. The lowest BCUT2D eigenvalue weighted by Gasteiger charge is -2.08. The minimum absolute atomic E-state index is 0.409. The third kappa shape index (κ3) is 3.52. The number of benzene rings is 2. The molecule has 0 atom stereocenters. The molecule has 0 radical (unpaired) electrons. The van der Waals surface area contributed by atoms with Gasteiger partial charge in [-0.1, -0.05) is 43.7 Å². The number of H-pyrrole nitrogens is 1. The standard InChI is InChI=1S/C19H19NO4.C2H6/c1-11-5-7-12(8-6-11)17-13-9-15(22-2)16(23-3)10-14(13)20-18(17)19(21)24-4;1-2/h5-10,20H,1-4H3;1-2H3. The fourth-order valence-electron chi connectivity index (χ4n) is 2.80. The number of rotatable bonds is 4. The molecule has 0 aliphatic heterocycles. The number of aryl methyl sites for hydroxylation is 1. The Bertz CT molecular complexity index is 895. The van der Waals surface area contributed by atoms with E-state index in [1.165, 1.54) is 7.11 Å². The van der Waals surface area contributed by atoms with Crippen molar-refractivity contribution in [2.24, 2.45) is 0 Å². The van der Waals surface area contributed by atoms with Gasteiger partial charge in [0.05, 0.1) is 26.8 Å². The highest BCUT2D eigenvalue weighted by molar-refractivity contribution is 6.08. The summed E-state index contributed by atoms with van der Waals surface area (Å²) < 4.78 is 15.7. The molecule has 0 aliphatic carbocycles. The van der Waals surface area contributed by atoms with Gasteiger partial charge in [0.15, 0.2) is 11.5 Å². The lowest BCUT2D eigenvalue weighted by molar-refractivity contribution is 0.0596. The molecule has 3 rings (SSSR count). The minimum Gasteiger partial charge on any atom is -0.493 e. The molecule has 2 aromatic carbocycles. The normalized spacial score (nSPS) is 10.1. The van der Waals surface area contributed by atoms with E-state index in [1.807, 2.05) is 57.2 Å². The van der Waals surface area contributed by atoms with E-state index in [1.54, 1.807) is 14.2 Å². The predicted molar refractivity (Wildman–Crippen MR) is 104 cm³/mol. The first-order chi connectivity index (χ1) is 12.6. The molecule has 1 aromatic heterocycles. The van der Waals surface area contributed by atoms with Crippen molar-refractivity contribution in [3.05, 3.63) is 47.7 Å².